The van der Waals surface area contributed by atoms with Gasteiger partial charge in [-0.05, 0) is 37.1 Å². The Balaban J connectivity index is 1.45. The third-order valence-corrected chi connectivity index (χ3v) is 4.96. The number of aromatic amines is 1. The van der Waals surface area contributed by atoms with E-state index in [4.69, 9.17) is 9.15 Å². The number of carbonyl (C=O) groups is 1. The Labute approximate surface area is 162 Å². The molecule has 1 aliphatic heterocycles. The fourth-order valence-electron chi connectivity index (χ4n) is 3.43. The molecule has 3 heterocycles. The van der Waals surface area contributed by atoms with Gasteiger partial charge in [0.25, 0.3) is 0 Å². The van der Waals surface area contributed by atoms with Crippen molar-refractivity contribution in [3.63, 3.8) is 0 Å². The van der Waals surface area contributed by atoms with Crippen LogP contribution in [0.15, 0.2) is 34.9 Å². The number of anilines is 1. The number of hydrogen-bond donors (Lipinski definition) is 2. The normalized spacial score (nSPS) is 14.9. The lowest BCUT2D eigenvalue weighted by molar-refractivity contribution is 0.194. The molecule has 0 bridgehead atoms. The molecule has 1 saturated heterocycles. The first-order valence-electron chi connectivity index (χ1n) is 9.18. The highest BCUT2D eigenvalue weighted by Crippen LogP contribution is 2.31. The lowest BCUT2D eigenvalue weighted by atomic mass is 9.94. The number of nitrogens with zero attached hydrogens (tertiary/aromatic N) is 4. The van der Waals surface area contributed by atoms with Crippen LogP contribution >= 0.6 is 0 Å². The van der Waals surface area contributed by atoms with Gasteiger partial charge in [0.05, 0.1) is 12.8 Å². The summed E-state index contributed by atoms with van der Waals surface area (Å²) in [4.78, 5) is 14.6. The molecule has 28 heavy (non-hydrogen) atoms. The SMILES string of the molecule is COc1ccc(-c2nnc(C)o2)cc1NC(=O)N1CCC(c2ccn[nH]2)CC1. The predicted molar refractivity (Wildman–Crippen MR) is 102 cm³/mol. The van der Waals surface area contributed by atoms with Gasteiger partial charge in [-0.3, -0.25) is 5.10 Å². The van der Waals surface area contributed by atoms with Crippen molar-refractivity contribution in [3.05, 3.63) is 42.0 Å². The number of aromatic nitrogens is 4. The minimum atomic E-state index is -0.153. The van der Waals surface area contributed by atoms with E-state index in [1.54, 1.807) is 32.4 Å². The van der Waals surface area contributed by atoms with Crippen LogP contribution in [-0.4, -0.2) is 51.5 Å². The zero-order valence-corrected chi connectivity index (χ0v) is 15.8. The van der Waals surface area contributed by atoms with Gasteiger partial charge in [-0.1, -0.05) is 0 Å². The van der Waals surface area contributed by atoms with Gasteiger partial charge >= 0.3 is 6.03 Å². The van der Waals surface area contributed by atoms with E-state index < -0.39 is 0 Å². The Bertz CT molecular complexity index is 944. The molecule has 146 valence electrons. The summed E-state index contributed by atoms with van der Waals surface area (Å²) >= 11 is 0. The number of benzene rings is 1. The van der Waals surface area contributed by atoms with Crippen LogP contribution in [0.1, 0.15) is 30.3 Å². The largest absolute Gasteiger partial charge is 0.495 e. The van der Waals surface area contributed by atoms with E-state index in [1.165, 1.54) is 0 Å². The van der Waals surface area contributed by atoms with Crippen molar-refractivity contribution in [1.29, 1.82) is 0 Å². The Morgan fingerprint density at radius 2 is 2.11 bits per heavy atom. The van der Waals surface area contributed by atoms with Gasteiger partial charge in [0.2, 0.25) is 11.8 Å². The van der Waals surface area contributed by atoms with E-state index in [2.05, 4.69) is 25.7 Å². The van der Waals surface area contributed by atoms with E-state index in [-0.39, 0.29) is 6.03 Å². The van der Waals surface area contributed by atoms with Crippen molar-refractivity contribution in [3.8, 4) is 17.2 Å². The molecule has 0 aliphatic carbocycles. The fourth-order valence-corrected chi connectivity index (χ4v) is 3.43. The molecule has 0 unspecified atom stereocenters. The fraction of sp³-hybridized carbons (Fsp3) is 0.368. The maximum Gasteiger partial charge on any atom is 0.321 e. The van der Waals surface area contributed by atoms with Crippen LogP contribution in [0.5, 0.6) is 5.75 Å². The lowest BCUT2D eigenvalue weighted by Gasteiger charge is -2.31. The maximum atomic E-state index is 12.8. The van der Waals surface area contributed by atoms with E-state index in [0.29, 0.717) is 42.2 Å². The Morgan fingerprint density at radius 1 is 1.29 bits per heavy atom. The van der Waals surface area contributed by atoms with Gasteiger partial charge in [0.15, 0.2) is 0 Å². The molecule has 3 aromatic rings. The molecule has 9 nitrogen and oxygen atoms in total. The quantitative estimate of drug-likeness (QED) is 0.717. The van der Waals surface area contributed by atoms with E-state index in [1.807, 2.05) is 17.0 Å². The van der Waals surface area contributed by atoms with Crippen LogP contribution < -0.4 is 10.1 Å². The van der Waals surface area contributed by atoms with Crippen LogP contribution in [0.4, 0.5) is 10.5 Å². The average molecular weight is 382 g/mol. The van der Waals surface area contributed by atoms with Gasteiger partial charge in [-0.25, -0.2) is 4.79 Å². The summed E-state index contributed by atoms with van der Waals surface area (Å²) in [5.74, 6) is 1.86. The number of amides is 2. The molecular formula is C19H22N6O3. The Kier molecular flexibility index (Phi) is 4.96. The third kappa shape index (κ3) is 3.68. The molecular weight excluding hydrogens is 360 g/mol. The van der Waals surface area contributed by atoms with Crippen LogP contribution in [0.25, 0.3) is 11.5 Å². The van der Waals surface area contributed by atoms with Gasteiger partial charge in [-0.15, -0.1) is 10.2 Å². The standard InChI is InChI=1S/C19H22N6O3/c1-12-22-24-18(28-12)14-3-4-17(27-2)16(11-14)21-19(26)25-9-6-13(7-10-25)15-5-8-20-23-15/h3-5,8,11,13H,6-7,9-10H2,1-2H3,(H,20,23)(H,21,26). The molecule has 2 amide bonds. The number of aryl methyl sites for hydroxylation is 1. The van der Waals surface area contributed by atoms with Crippen LogP contribution in [0, 0.1) is 6.92 Å². The van der Waals surface area contributed by atoms with Crippen molar-refractivity contribution in [2.75, 3.05) is 25.5 Å². The molecule has 2 N–H and O–H groups in total. The first-order chi connectivity index (χ1) is 13.6. The number of ether oxygens (including phenoxy) is 1. The number of carbonyl (C=O) groups excluding carboxylic acids is 1. The van der Waals surface area contributed by atoms with Crippen molar-refractivity contribution in [2.45, 2.75) is 25.7 Å². The number of likely N-dealkylation sites (tertiary alicyclic amines) is 1. The zero-order valence-electron chi connectivity index (χ0n) is 15.8. The smallest absolute Gasteiger partial charge is 0.321 e. The van der Waals surface area contributed by atoms with Crippen molar-refractivity contribution in [2.24, 2.45) is 0 Å². The van der Waals surface area contributed by atoms with Crippen molar-refractivity contribution >= 4 is 11.7 Å². The van der Waals surface area contributed by atoms with Crippen LogP contribution in [0.3, 0.4) is 0 Å². The summed E-state index contributed by atoms with van der Waals surface area (Å²) < 4.78 is 10.9. The maximum absolute atomic E-state index is 12.8. The second kappa shape index (κ2) is 7.71. The minimum Gasteiger partial charge on any atom is -0.495 e. The number of urea groups is 1. The molecule has 4 rings (SSSR count). The number of hydrogen-bond acceptors (Lipinski definition) is 6. The molecule has 9 heteroatoms. The number of rotatable bonds is 4. The van der Waals surface area contributed by atoms with Crippen molar-refractivity contribution in [1.82, 2.24) is 25.3 Å². The van der Waals surface area contributed by atoms with Gasteiger partial charge in [0.1, 0.15) is 5.75 Å². The highest BCUT2D eigenvalue weighted by atomic mass is 16.5. The van der Waals surface area contributed by atoms with Crippen LogP contribution in [-0.2, 0) is 0 Å². The van der Waals surface area contributed by atoms with Gasteiger partial charge in [-0.2, -0.15) is 5.10 Å². The first-order valence-corrected chi connectivity index (χ1v) is 9.18. The first kappa shape index (κ1) is 18.0. The Morgan fingerprint density at radius 3 is 2.75 bits per heavy atom. The molecule has 0 spiro atoms. The number of methoxy groups -OCH3 is 1. The highest BCUT2D eigenvalue weighted by Gasteiger charge is 2.25. The van der Waals surface area contributed by atoms with E-state index >= 15 is 0 Å². The third-order valence-electron chi connectivity index (χ3n) is 4.96. The summed E-state index contributed by atoms with van der Waals surface area (Å²) in [5, 5.41) is 17.9. The van der Waals surface area contributed by atoms with Crippen molar-refractivity contribution < 1.29 is 13.9 Å². The molecule has 1 fully saturated rings. The average Bonchev–Trinajstić information content (AvgIpc) is 3.40. The monoisotopic (exact) mass is 382 g/mol. The number of nitrogens with one attached hydrogen (secondary N) is 2. The topological polar surface area (TPSA) is 109 Å². The zero-order chi connectivity index (χ0) is 19.5. The van der Waals surface area contributed by atoms with E-state index in [0.717, 1.165) is 24.1 Å². The molecule has 0 atom stereocenters. The molecule has 0 saturated carbocycles. The lowest BCUT2D eigenvalue weighted by Crippen LogP contribution is -2.40. The molecule has 0 radical (unpaired) electrons. The molecule has 1 aliphatic rings. The summed E-state index contributed by atoms with van der Waals surface area (Å²) in [7, 11) is 1.57. The number of piperidine rings is 1. The Hall–Kier alpha value is -3.36. The minimum absolute atomic E-state index is 0.153. The summed E-state index contributed by atoms with van der Waals surface area (Å²) in [5.41, 5.74) is 2.41. The van der Waals surface area contributed by atoms with Gasteiger partial charge in [0, 0.05) is 43.4 Å². The number of H-pyrrole nitrogens is 1. The highest BCUT2D eigenvalue weighted by molar-refractivity contribution is 5.92. The van der Waals surface area contributed by atoms with E-state index in [9.17, 15) is 4.79 Å². The summed E-state index contributed by atoms with van der Waals surface area (Å²) in [6.07, 6.45) is 3.56. The van der Waals surface area contributed by atoms with Gasteiger partial charge < -0.3 is 19.4 Å². The van der Waals surface area contributed by atoms with Crippen LogP contribution in [0.2, 0.25) is 0 Å². The summed E-state index contributed by atoms with van der Waals surface area (Å²) in [6, 6.07) is 7.21. The second-order valence-corrected chi connectivity index (χ2v) is 6.74. The molecule has 1 aromatic carbocycles. The second-order valence-electron chi connectivity index (χ2n) is 6.74. The molecule has 2 aromatic heterocycles. The summed E-state index contributed by atoms with van der Waals surface area (Å²) in [6.45, 7) is 3.09. The predicted octanol–water partition coefficient (Wildman–Crippen LogP) is 3.19.